The van der Waals surface area contributed by atoms with Crippen molar-refractivity contribution in [3.05, 3.63) is 63.7 Å². The van der Waals surface area contributed by atoms with Gasteiger partial charge in [-0.3, -0.25) is 14.5 Å². The van der Waals surface area contributed by atoms with Crippen molar-refractivity contribution in [3.63, 3.8) is 0 Å². The van der Waals surface area contributed by atoms with Crippen LogP contribution in [0.15, 0.2) is 30.6 Å². The van der Waals surface area contributed by atoms with Gasteiger partial charge in [-0.2, -0.15) is 5.10 Å². The first-order valence-corrected chi connectivity index (χ1v) is 13.0. The number of halogens is 1. The van der Waals surface area contributed by atoms with Crippen molar-refractivity contribution in [2.75, 3.05) is 33.3 Å². The first-order valence-electron chi connectivity index (χ1n) is 12.7. The van der Waals surface area contributed by atoms with E-state index in [2.05, 4.69) is 47.3 Å². The summed E-state index contributed by atoms with van der Waals surface area (Å²) in [5.41, 5.74) is 7.00. The standard InChI is InChI=1S/C28H36ClN5O2/c1-7-32(5)11-9-20-13-22(24-17-33(6)31-18(24)3)21-10-12-34(28(35)23(21)14-20)19(4)26-15-27(36-8-2)25(29)16-30-26/h13-17,19H,7-12H2,1-6H3/t19-/m0/s1. The molecule has 1 aliphatic heterocycles. The smallest absolute Gasteiger partial charge is 0.254 e. The lowest BCUT2D eigenvalue weighted by Crippen LogP contribution is -2.40. The SMILES string of the molecule is CCOc1cc([C@H](C)N2CCc3c(cc(CCN(C)CC)cc3-c3cn(C)nc3C)C2=O)ncc1Cl. The Hall–Kier alpha value is -2.90. The van der Waals surface area contributed by atoms with Gasteiger partial charge in [-0.05, 0) is 70.0 Å². The fourth-order valence-electron chi connectivity index (χ4n) is 4.87. The Kier molecular flexibility index (Phi) is 8.00. The van der Waals surface area contributed by atoms with E-state index in [0.717, 1.165) is 59.6 Å². The highest BCUT2D eigenvalue weighted by atomic mass is 35.5. The molecule has 8 heteroatoms. The molecule has 0 radical (unpaired) electrons. The molecule has 3 heterocycles. The van der Waals surface area contributed by atoms with Crippen LogP contribution in [0.25, 0.3) is 11.1 Å². The molecule has 0 saturated heterocycles. The number of fused-ring (bicyclic) bond motifs is 1. The van der Waals surface area contributed by atoms with Gasteiger partial charge >= 0.3 is 0 Å². The largest absolute Gasteiger partial charge is 0.492 e. The third kappa shape index (κ3) is 5.27. The van der Waals surface area contributed by atoms with Crippen LogP contribution in [0.5, 0.6) is 5.75 Å². The van der Waals surface area contributed by atoms with Crippen LogP contribution in [0.1, 0.15) is 59.7 Å². The fourth-order valence-corrected chi connectivity index (χ4v) is 5.02. The van der Waals surface area contributed by atoms with E-state index in [0.29, 0.717) is 23.9 Å². The van der Waals surface area contributed by atoms with Gasteiger partial charge in [-0.1, -0.05) is 24.6 Å². The zero-order chi connectivity index (χ0) is 26.0. The maximum absolute atomic E-state index is 13.9. The molecule has 0 saturated carbocycles. The van der Waals surface area contributed by atoms with Crippen LogP contribution >= 0.6 is 11.6 Å². The van der Waals surface area contributed by atoms with Gasteiger partial charge in [0.25, 0.3) is 5.91 Å². The summed E-state index contributed by atoms with van der Waals surface area (Å²) in [4.78, 5) is 22.7. The van der Waals surface area contributed by atoms with E-state index >= 15 is 0 Å². The highest BCUT2D eigenvalue weighted by molar-refractivity contribution is 6.31. The minimum absolute atomic E-state index is 0.0342. The molecule has 3 aromatic rings. The van der Waals surface area contributed by atoms with Crippen LogP contribution in [0.4, 0.5) is 0 Å². The summed E-state index contributed by atoms with van der Waals surface area (Å²) in [7, 11) is 4.06. The van der Waals surface area contributed by atoms with Crippen molar-refractivity contribution in [2.24, 2.45) is 7.05 Å². The first kappa shape index (κ1) is 26.2. The molecule has 192 valence electrons. The normalized spacial score (nSPS) is 14.3. The predicted octanol–water partition coefficient (Wildman–Crippen LogP) is 5.10. The molecular weight excluding hydrogens is 474 g/mol. The Morgan fingerprint density at radius 2 is 1.94 bits per heavy atom. The van der Waals surface area contributed by atoms with Gasteiger partial charge in [-0.15, -0.1) is 0 Å². The van der Waals surface area contributed by atoms with Gasteiger partial charge < -0.3 is 14.5 Å². The number of likely N-dealkylation sites (N-methyl/N-ethyl adjacent to an activating group) is 1. The Bertz CT molecular complexity index is 1250. The van der Waals surface area contributed by atoms with E-state index in [9.17, 15) is 4.79 Å². The van der Waals surface area contributed by atoms with Crippen molar-refractivity contribution in [2.45, 2.75) is 46.6 Å². The topological polar surface area (TPSA) is 63.5 Å². The summed E-state index contributed by atoms with van der Waals surface area (Å²) in [5.74, 6) is 0.629. The molecule has 1 amide bonds. The number of aromatic nitrogens is 3. The van der Waals surface area contributed by atoms with Crippen molar-refractivity contribution in [1.82, 2.24) is 24.6 Å². The minimum atomic E-state index is -0.208. The van der Waals surface area contributed by atoms with Gasteiger partial charge in [-0.25, -0.2) is 0 Å². The van der Waals surface area contributed by atoms with E-state index < -0.39 is 0 Å². The molecule has 0 bridgehead atoms. The lowest BCUT2D eigenvalue weighted by Gasteiger charge is -2.34. The number of hydrogen-bond acceptors (Lipinski definition) is 5. The first-order chi connectivity index (χ1) is 17.2. The average Bonchev–Trinajstić information content (AvgIpc) is 3.21. The van der Waals surface area contributed by atoms with Gasteiger partial charge in [0, 0.05) is 49.7 Å². The van der Waals surface area contributed by atoms with Gasteiger partial charge in [0.1, 0.15) is 10.8 Å². The molecule has 0 unspecified atom stereocenters. The predicted molar refractivity (Wildman–Crippen MR) is 144 cm³/mol. The van der Waals surface area contributed by atoms with E-state index in [4.69, 9.17) is 16.3 Å². The van der Waals surface area contributed by atoms with Crippen LogP contribution < -0.4 is 4.74 Å². The van der Waals surface area contributed by atoms with E-state index in [-0.39, 0.29) is 11.9 Å². The van der Waals surface area contributed by atoms with Crippen LogP contribution in [0.2, 0.25) is 5.02 Å². The fraction of sp³-hybridized carbons (Fsp3) is 0.464. The molecule has 1 aliphatic rings. The molecule has 0 fully saturated rings. The quantitative estimate of drug-likeness (QED) is 0.401. The highest BCUT2D eigenvalue weighted by Gasteiger charge is 2.32. The lowest BCUT2D eigenvalue weighted by atomic mass is 9.87. The lowest BCUT2D eigenvalue weighted by molar-refractivity contribution is 0.0669. The van der Waals surface area contributed by atoms with Crippen LogP contribution in [0.3, 0.4) is 0 Å². The maximum atomic E-state index is 13.9. The number of amides is 1. The third-order valence-corrected chi connectivity index (χ3v) is 7.35. The zero-order valence-corrected chi connectivity index (χ0v) is 22.9. The van der Waals surface area contributed by atoms with Crippen molar-refractivity contribution < 1.29 is 9.53 Å². The summed E-state index contributed by atoms with van der Waals surface area (Å²) in [6, 6.07) is 5.99. The number of ether oxygens (including phenoxy) is 1. The molecule has 1 atom stereocenters. The number of rotatable bonds is 9. The number of hydrogen-bond donors (Lipinski definition) is 0. The second-order valence-electron chi connectivity index (χ2n) is 9.51. The maximum Gasteiger partial charge on any atom is 0.254 e. The summed E-state index contributed by atoms with van der Waals surface area (Å²) >= 11 is 6.25. The third-order valence-electron chi connectivity index (χ3n) is 7.07. The summed E-state index contributed by atoms with van der Waals surface area (Å²) in [6.45, 7) is 11.2. The molecule has 4 rings (SSSR count). The van der Waals surface area contributed by atoms with Crippen LogP contribution in [-0.4, -0.2) is 63.8 Å². The zero-order valence-electron chi connectivity index (χ0n) is 22.1. The number of pyridine rings is 1. The molecular formula is C28H36ClN5O2. The second-order valence-corrected chi connectivity index (χ2v) is 9.92. The van der Waals surface area contributed by atoms with Crippen LogP contribution in [-0.2, 0) is 19.9 Å². The average molecular weight is 510 g/mol. The highest BCUT2D eigenvalue weighted by Crippen LogP contribution is 2.36. The van der Waals surface area contributed by atoms with E-state index in [1.165, 1.54) is 5.56 Å². The number of nitrogens with zero attached hydrogens (tertiary/aromatic N) is 5. The molecule has 36 heavy (non-hydrogen) atoms. The van der Waals surface area contributed by atoms with Crippen LogP contribution in [0, 0.1) is 6.92 Å². The van der Waals surface area contributed by atoms with Gasteiger partial charge in [0.05, 0.1) is 24.0 Å². The number of carbonyl (C=O) groups excluding carboxylic acids is 1. The number of benzene rings is 1. The van der Waals surface area contributed by atoms with Crippen molar-refractivity contribution in [1.29, 1.82) is 0 Å². The minimum Gasteiger partial charge on any atom is -0.492 e. The Balaban J connectivity index is 1.72. The monoisotopic (exact) mass is 509 g/mol. The molecule has 2 aromatic heterocycles. The summed E-state index contributed by atoms with van der Waals surface area (Å²) in [5, 5.41) is 5.04. The molecule has 0 spiro atoms. The van der Waals surface area contributed by atoms with Crippen molar-refractivity contribution in [3.8, 4) is 16.9 Å². The second kappa shape index (κ2) is 11.0. The number of aryl methyl sites for hydroxylation is 2. The molecule has 0 aliphatic carbocycles. The van der Waals surface area contributed by atoms with E-state index in [1.807, 2.05) is 43.5 Å². The van der Waals surface area contributed by atoms with Crippen molar-refractivity contribution >= 4 is 17.5 Å². The van der Waals surface area contributed by atoms with Gasteiger partial charge in [0.15, 0.2) is 0 Å². The Morgan fingerprint density at radius 1 is 1.19 bits per heavy atom. The molecule has 7 nitrogen and oxygen atoms in total. The Morgan fingerprint density at radius 3 is 2.61 bits per heavy atom. The summed E-state index contributed by atoms with van der Waals surface area (Å²) < 4.78 is 7.50. The number of carbonyl (C=O) groups is 1. The molecule has 1 aromatic carbocycles. The summed E-state index contributed by atoms with van der Waals surface area (Å²) in [6.07, 6.45) is 5.31. The van der Waals surface area contributed by atoms with E-state index in [1.54, 1.807) is 6.20 Å². The Labute approximate surface area is 219 Å². The van der Waals surface area contributed by atoms with Gasteiger partial charge in [0.2, 0.25) is 0 Å². The molecule has 0 N–H and O–H groups in total.